The number of rotatable bonds is 12. The molecule has 0 rings (SSSR count). The van der Waals surface area contributed by atoms with E-state index in [4.69, 9.17) is 4.74 Å². The fourth-order valence-corrected chi connectivity index (χ4v) is 2.91. The highest BCUT2D eigenvalue weighted by molar-refractivity contribution is 4.91. The topological polar surface area (TPSA) is 21.3 Å². The molecule has 0 aromatic carbocycles. The normalized spacial score (nSPS) is 13.8. The van der Waals surface area contributed by atoms with Crippen molar-refractivity contribution in [1.29, 1.82) is 0 Å². The zero-order valence-corrected chi connectivity index (χ0v) is 13.3. The Labute approximate surface area is 115 Å². The first kappa shape index (κ1) is 17.9. The summed E-state index contributed by atoms with van der Waals surface area (Å²) in [5.41, 5.74) is 0.0387. The fraction of sp³-hybridized carbons (Fsp3) is 1.00. The Bertz CT molecular complexity index is 178. The molecule has 0 aliphatic heterocycles. The van der Waals surface area contributed by atoms with Crippen molar-refractivity contribution in [2.75, 3.05) is 13.2 Å². The second kappa shape index (κ2) is 10.8. The van der Waals surface area contributed by atoms with Crippen LogP contribution in [0, 0.1) is 0 Å². The van der Waals surface area contributed by atoms with E-state index in [0.29, 0.717) is 6.04 Å². The molecule has 0 aliphatic rings. The Kier molecular flexibility index (Phi) is 10.8. The lowest BCUT2D eigenvalue weighted by Crippen LogP contribution is -2.52. The first-order valence-electron chi connectivity index (χ1n) is 8.07. The lowest BCUT2D eigenvalue weighted by molar-refractivity contribution is -0.0738. The van der Waals surface area contributed by atoms with Gasteiger partial charge in [-0.05, 0) is 32.7 Å². The monoisotopic (exact) mass is 257 g/mol. The van der Waals surface area contributed by atoms with Crippen LogP contribution >= 0.6 is 0 Å². The van der Waals surface area contributed by atoms with Crippen LogP contribution in [-0.4, -0.2) is 24.8 Å². The zero-order chi connectivity index (χ0) is 13.9. The van der Waals surface area contributed by atoms with Gasteiger partial charge in [0, 0.05) is 12.6 Å². The molecule has 0 amide bonds. The van der Waals surface area contributed by atoms with Crippen molar-refractivity contribution < 1.29 is 4.74 Å². The van der Waals surface area contributed by atoms with Crippen LogP contribution in [0.2, 0.25) is 0 Å². The summed E-state index contributed by atoms with van der Waals surface area (Å²) < 4.78 is 6.14. The largest absolute Gasteiger partial charge is 0.374 e. The van der Waals surface area contributed by atoms with Crippen molar-refractivity contribution in [2.24, 2.45) is 0 Å². The maximum absolute atomic E-state index is 6.14. The summed E-state index contributed by atoms with van der Waals surface area (Å²) in [6, 6.07) is 0.509. The van der Waals surface area contributed by atoms with Crippen molar-refractivity contribution in [3.63, 3.8) is 0 Å². The molecule has 0 fully saturated rings. The second-order valence-corrected chi connectivity index (χ2v) is 5.16. The van der Waals surface area contributed by atoms with Crippen LogP contribution in [0.15, 0.2) is 0 Å². The minimum absolute atomic E-state index is 0.0387. The van der Waals surface area contributed by atoms with Crippen molar-refractivity contribution in [2.45, 2.75) is 91.2 Å². The summed E-state index contributed by atoms with van der Waals surface area (Å²) in [4.78, 5) is 0. The Balaban J connectivity index is 4.48. The molecule has 110 valence electrons. The number of likely N-dealkylation sites (N-methyl/N-ethyl adjacent to an activating group) is 1. The van der Waals surface area contributed by atoms with E-state index in [1.807, 2.05) is 0 Å². The summed E-state index contributed by atoms with van der Waals surface area (Å²) >= 11 is 0. The number of ether oxygens (including phenoxy) is 1. The lowest BCUT2D eigenvalue weighted by atomic mass is 9.84. The number of unbranched alkanes of at least 4 members (excludes halogenated alkanes) is 3. The Hall–Kier alpha value is -0.0800. The van der Waals surface area contributed by atoms with Crippen LogP contribution in [-0.2, 0) is 4.74 Å². The molecule has 0 saturated heterocycles. The van der Waals surface area contributed by atoms with Gasteiger partial charge < -0.3 is 10.1 Å². The molecule has 18 heavy (non-hydrogen) atoms. The van der Waals surface area contributed by atoms with E-state index in [-0.39, 0.29) is 5.60 Å². The molecule has 0 aromatic rings. The predicted octanol–water partition coefficient (Wildman–Crippen LogP) is 4.53. The van der Waals surface area contributed by atoms with Gasteiger partial charge in [0.1, 0.15) is 0 Å². The lowest BCUT2D eigenvalue weighted by Gasteiger charge is -2.40. The third-order valence-electron chi connectivity index (χ3n) is 4.06. The summed E-state index contributed by atoms with van der Waals surface area (Å²) in [6.07, 6.45) is 8.79. The minimum atomic E-state index is 0.0387. The first-order chi connectivity index (χ1) is 8.70. The molecule has 0 bridgehead atoms. The summed E-state index contributed by atoms with van der Waals surface area (Å²) in [5, 5.41) is 3.66. The van der Waals surface area contributed by atoms with E-state index in [1.54, 1.807) is 0 Å². The molecule has 1 N–H and O–H groups in total. The van der Waals surface area contributed by atoms with E-state index < -0.39 is 0 Å². The van der Waals surface area contributed by atoms with Crippen LogP contribution in [0.4, 0.5) is 0 Å². The Morgan fingerprint density at radius 2 is 1.61 bits per heavy atom. The van der Waals surface area contributed by atoms with E-state index in [1.165, 1.54) is 32.1 Å². The predicted molar refractivity (Wildman–Crippen MR) is 81.2 cm³/mol. The quantitative estimate of drug-likeness (QED) is 0.519. The molecule has 1 atom stereocenters. The highest BCUT2D eigenvalue weighted by Gasteiger charge is 2.35. The zero-order valence-electron chi connectivity index (χ0n) is 13.3. The molecule has 2 nitrogen and oxygen atoms in total. The number of nitrogens with one attached hydrogen (secondary N) is 1. The van der Waals surface area contributed by atoms with Crippen LogP contribution < -0.4 is 5.32 Å². The maximum atomic E-state index is 6.14. The minimum Gasteiger partial charge on any atom is -0.374 e. The summed E-state index contributed by atoms with van der Waals surface area (Å²) in [7, 11) is 0. The van der Waals surface area contributed by atoms with E-state index in [0.717, 1.165) is 26.0 Å². The Morgan fingerprint density at radius 3 is 2.06 bits per heavy atom. The number of hydrogen-bond donors (Lipinski definition) is 1. The number of hydrogen-bond acceptors (Lipinski definition) is 2. The molecule has 0 saturated carbocycles. The average Bonchev–Trinajstić information content (AvgIpc) is 2.40. The van der Waals surface area contributed by atoms with Gasteiger partial charge in [0.2, 0.25) is 0 Å². The molecule has 0 heterocycles. The maximum Gasteiger partial charge on any atom is 0.0829 e. The first-order valence-corrected chi connectivity index (χ1v) is 8.07. The molecule has 0 radical (unpaired) electrons. The SMILES string of the molecule is CCCCCCC(NCC)C(CC)(CC)OCC. The van der Waals surface area contributed by atoms with Crippen LogP contribution in [0.25, 0.3) is 0 Å². The van der Waals surface area contributed by atoms with Crippen LogP contribution in [0.1, 0.15) is 79.6 Å². The molecular formula is C16H35NO. The van der Waals surface area contributed by atoms with Crippen molar-refractivity contribution >= 4 is 0 Å². The van der Waals surface area contributed by atoms with Gasteiger partial charge >= 0.3 is 0 Å². The van der Waals surface area contributed by atoms with Gasteiger partial charge in [-0.25, -0.2) is 0 Å². The van der Waals surface area contributed by atoms with Crippen molar-refractivity contribution in [1.82, 2.24) is 5.32 Å². The highest BCUT2D eigenvalue weighted by Crippen LogP contribution is 2.28. The van der Waals surface area contributed by atoms with Crippen LogP contribution in [0.3, 0.4) is 0 Å². The van der Waals surface area contributed by atoms with Crippen molar-refractivity contribution in [3.05, 3.63) is 0 Å². The van der Waals surface area contributed by atoms with E-state index in [9.17, 15) is 0 Å². The summed E-state index contributed by atoms with van der Waals surface area (Å²) in [5.74, 6) is 0. The fourth-order valence-electron chi connectivity index (χ4n) is 2.91. The Morgan fingerprint density at radius 1 is 0.944 bits per heavy atom. The molecule has 0 spiro atoms. The van der Waals surface area contributed by atoms with Gasteiger partial charge in [-0.1, -0.05) is 53.4 Å². The summed E-state index contributed by atoms with van der Waals surface area (Å²) in [6.45, 7) is 12.9. The van der Waals surface area contributed by atoms with Gasteiger partial charge in [0.15, 0.2) is 0 Å². The third kappa shape index (κ3) is 5.71. The highest BCUT2D eigenvalue weighted by atomic mass is 16.5. The van der Waals surface area contributed by atoms with Crippen molar-refractivity contribution in [3.8, 4) is 0 Å². The average molecular weight is 257 g/mol. The molecule has 0 aromatic heterocycles. The van der Waals surface area contributed by atoms with Gasteiger partial charge in [-0.15, -0.1) is 0 Å². The standard InChI is InChI=1S/C16H35NO/c1-6-11-12-13-14-15(17-9-4)16(7-2,8-3)18-10-5/h15,17H,6-14H2,1-5H3. The third-order valence-corrected chi connectivity index (χ3v) is 4.06. The molecule has 2 heteroatoms. The molecule has 0 aliphatic carbocycles. The van der Waals surface area contributed by atoms with Gasteiger partial charge in [-0.2, -0.15) is 0 Å². The second-order valence-electron chi connectivity index (χ2n) is 5.16. The van der Waals surface area contributed by atoms with Gasteiger partial charge in [0.05, 0.1) is 5.60 Å². The smallest absolute Gasteiger partial charge is 0.0829 e. The molecule has 1 unspecified atom stereocenters. The van der Waals surface area contributed by atoms with Gasteiger partial charge in [-0.3, -0.25) is 0 Å². The van der Waals surface area contributed by atoms with E-state index >= 15 is 0 Å². The molecular weight excluding hydrogens is 222 g/mol. The van der Waals surface area contributed by atoms with Gasteiger partial charge in [0.25, 0.3) is 0 Å². The van der Waals surface area contributed by atoms with Crippen LogP contribution in [0.5, 0.6) is 0 Å². The van der Waals surface area contributed by atoms with E-state index in [2.05, 4.69) is 39.9 Å².